The van der Waals surface area contributed by atoms with Gasteiger partial charge < -0.3 is 10.3 Å². The van der Waals surface area contributed by atoms with Crippen LogP contribution in [0.1, 0.15) is 38.4 Å². The van der Waals surface area contributed by atoms with Crippen molar-refractivity contribution >= 4 is 17.4 Å². The molecule has 3 nitrogen and oxygen atoms in total. The second-order valence-corrected chi connectivity index (χ2v) is 5.12. The van der Waals surface area contributed by atoms with E-state index in [0.29, 0.717) is 10.8 Å². The smallest absolute Gasteiger partial charge is 0.175 e. The summed E-state index contributed by atoms with van der Waals surface area (Å²) in [7, 11) is 0. The van der Waals surface area contributed by atoms with Gasteiger partial charge in [-0.25, -0.2) is 0 Å². The van der Waals surface area contributed by atoms with E-state index in [2.05, 4.69) is 12.1 Å². The molecule has 0 saturated carbocycles. The maximum atomic E-state index is 5.90. The van der Waals surface area contributed by atoms with Gasteiger partial charge in [0.15, 0.2) is 5.82 Å². The molecule has 0 aliphatic carbocycles. The lowest BCUT2D eigenvalue weighted by atomic mass is 10.0. The van der Waals surface area contributed by atoms with Crippen LogP contribution in [0.5, 0.6) is 0 Å². The Balaban J connectivity index is 2.15. The first-order valence-corrected chi connectivity index (χ1v) is 7.10. The molecule has 2 N–H and O–H groups in total. The summed E-state index contributed by atoms with van der Waals surface area (Å²) in [6.45, 7) is 2.20. The molecule has 1 aromatic carbocycles. The van der Waals surface area contributed by atoms with Crippen LogP contribution in [0.4, 0.5) is 5.82 Å². The Morgan fingerprint density at radius 2 is 1.89 bits per heavy atom. The minimum absolute atomic E-state index is 0.452. The molecule has 0 saturated heterocycles. The van der Waals surface area contributed by atoms with Crippen molar-refractivity contribution in [1.82, 2.24) is 5.16 Å². The van der Waals surface area contributed by atoms with Crippen molar-refractivity contribution in [2.24, 2.45) is 0 Å². The fraction of sp³-hybridized carbons (Fsp3) is 0.400. The summed E-state index contributed by atoms with van der Waals surface area (Å²) in [6.07, 6.45) is 5.66. The Morgan fingerprint density at radius 1 is 1.16 bits per heavy atom. The van der Waals surface area contributed by atoms with Crippen LogP contribution < -0.4 is 5.73 Å². The third-order valence-corrected chi connectivity index (χ3v) is 3.43. The van der Waals surface area contributed by atoms with Crippen molar-refractivity contribution in [3.63, 3.8) is 0 Å². The molecule has 0 aliphatic heterocycles. The van der Waals surface area contributed by atoms with Crippen molar-refractivity contribution in [3.05, 3.63) is 35.0 Å². The number of aromatic nitrogens is 1. The van der Waals surface area contributed by atoms with Gasteiger partial charge in [0.1, 0.15) is 5.76 Å². The van der Waals surface area contributed by atoms with Crippen molar-refractivity contribution in [2.45, 2.75) is 39.0 Å². The summed E-state index contributed by atoms with van der Waals surface area (Å²) in [4.78, 5) is 0. The molecule has 1 heterocycles. The van der Waals surface area contributed by atoms with E-state index in [4.69, 9.17) is 21.9 Å². The molecule has 2 aromatic rings. The van der Waals surface area contributed by atoms with Crippen LogP contribution in [0.2, 0.25) is 5.02 Å². The third-order valence-electron chi connectivity index (χ3n) is 3.18. The normalized spacial score (nSPS) is 10.8. The molecule has 0 unspecified atom stereocenters. The maximum absolute atomic E-state index is 5.90. The van der Waals surface area contributed by atoms with Gasteiger partial charge >= 0.3 is 0 Å². The Kier molecular flexibility index (Phi) is 4.86. The molecule has 4 heteroatoms. The largest absolute Gasteiger partial charge is 0.380 e. The number of nitrogens with two attached hydrogens (primary N) is 1. The second kappa shape index (κ2) is 6.62. The molecule has 0 fully saturated rings. The van der Waals surface area contributed by atoms with Gasteiger partial charge in [-0.2, -0.15) is 0 Å². The quantitative estimate of drug-likeness (QED) is 0.779. The lowest BCUT2D eigenvalue weighted by molar-refractivity contribution is 0.382. The number of halogens is 1. The first-order chi connectivity index (χ1) is 9.22. The van der Waals surface area contributed by atoms with Crippen LogP contribution >= 0.6 is 11.6 Å². The molecule has 0 amide bonds. The van der Waals surface area contributed by atoms with E-state index in [1.54, 1.807) is 0 Å². The molecular formula is C15H19ClN2O. The molecule has 1 aromatic heterocycles. The summed E-state index contributed by atoms with van der Waals surface area (Å²) < 4.78 is 5.35. The number of nitrogens with zero attached hydrogens (tertiary/aromatic N) is 1. The van der Waals surface area contributed by atoms with Crippen LogP contribution in [0.15, 0.2) is 28.8 Å². The Bertz CT molecular complexity index is 519. The van der Waals surface area contributed by atoms with Gasteiger partial charge in [-0.1, -0.05) is 55.1 Å². The Morgan fingerprint density at radius 3 is 2.58 bits per heavy atom. The molecule has 0 spiro atoms. The molecule has 0 atom stereocenters. The fourth-order valence-corrected chi connectivity index (χ4v) is 2.27. The van der Waals surface area contributed by atoms with Crippen LogP contribution in [-0.4, -0.2) is 5.16 Å². The van der Waals surface area contributed by atoms with Gasteiger partial charge in [-0.15, -0.1) is 0 Å². The zero-order valence-corrected chi connectivity index (χ0v) is 11.9. The molecule has 0 aliphatic rings. The van der Waals surface area contributed by atoms with Crippen molar-refractivity contribution in [2.75, 3.05) is 5.73 Å². The van der Waals surface area contributed by atoms with Crippen LogP contribution in [-0.2, 0) is 6.42 Å². The average molecular weight is 279 g/mol. The number of unbranched alkanes of at least 4 members (excludes halogenated alkanes) is 3. The maximum Gasteiger partial charge on any atom is 0.175 e. The first-order valence-electron chi connectivity index (χ1n) is 6.72. The lowest BCUT2D eigenvalue weighted by Crippen LogP contribution is -1.91. The highest BCUT2D eigenvalue weighted by Gasteiger charge is 2.15. The van der Waals surface area contributed by atoms with Gasteiger partial charge in [0.2, 0.25) is 0 Å². The molecular weight excluding hydrogens is 260 g/mol. The lowest BCUT2D eigenvalue weighted by Gasteiger charge is -2.03. The first kappa shape index (κ1) is 13.9. The SMILES string of the molecule is CCCCCCc1onc(N)c1-c1ccc(Cl)cc1. The summed E-state index contributed by atoms with van der Waals surface area (Å²) in [5, 5.41) is 4.60. The fourth-order valence-electron chi connectivity index (χ4n) is 2.15. The second-order valence-electron chi connectivity index (χ2n) is 4.68. The van der Waals surface area contributed by atoms with Crippen LogP contribution in [0.3, 0.4) is 0 Å². The van der Waals surface area contributed by atoms with Gasteiger partial charge in [-0.05, 0) is 24.1 Å². The molecule has 19 heavy (non-hydrogen) atoms. The number of nitrogen functional groups attached to an aromatic ring is 1. The predicted molar refractivity (Wildman–Crippen MR) is 79.2 cm³/mol. The van der Waals surface area contributed by atoms with E-state index in [0.717, 1.165) is 29.7 Å². The number of anilines is 1. The zero-order chi connectivity index (χ0) is 13.7. The van der Waals surface area contributed by atoms with Crippen LogP contribution in [0, 0.1) is 0 Å². The zero-order valence-electron chi connectivity index (χ0n) is 11.2. The summed E-state index contributed by atoms with van der Waals surface area (Å²) in [5.74, 6) is 1.32. The highest BCUT2D eigenvalue weighted by atomic mass is 35.5. The molecule has 0 radical (unpaired) electrons. The number of benzene rings is 1. The molecule has 102 valence electrons. The summed E-state index contributed by atoms with van der Waals surface area (Å²) in [5.41, 5.74) is 7.82. The topological polar surface area (TPSA) is 52.0 Å². The minimum atomic E-state index is 0.452. The van der Waals surface area contributed by atoms with E-state index in [1.165, 1.54) is 19.3 Å². The molecule has 2 rings (SSSR count). The van der Waals surface area contributed by atoms with Crippen molar-refractivity contribution in [3.8, 4) is 11.1 Å². The highest BCUT2D eigenvalue weighted by molar-refractivity contribution is 6.30. The van der Waals surface area contributed by atoms with E-state index >= 15 is 0 Å². The van der Waals surface area contributed by atoms with Gasteiger partial charge in [-0.3, -0.25) is 0 Å². The third kappa shape index (κ3) is 3.51. The van der Waals surface area contributed by atoms with Crippen molar-refractivity contribution in [1.29, 1.82) is 0 Å². The highest BCUT2D eigenvalue weighted by Crippen LogP contribution is 2.31. The number of hydrogen-bond acceptors (Lipinski definition) is 3. The number of aryl methyl sites for hydroxylation is 1. The van der Waals surface area contributed by atoms with Gasteiger partial charge in [0.05, 0.1) is 5.56 Å². The van der Waals surface area contributed by atoms with Crippen molar-refractivity contribution < 1.29 is 4.52 Å². The molecule has 0 bridgehead atoms. The summed E-state index contributed by atoms with van der Waals surface area (Å²) >= 11 is 5.90. The van der Waals surface area contributed by atoms with Crippen LogP contribution in [0.25, 0.3) is 11.1 Å². The minimum Gasteiger partial charge on any atom is -0.380 e. The standard InChI is InChI=1S/C15H19ClN2O/c1-2-3-4-5-6-13-14(15(17)18-19-13)11-7-9-12(16)10-8-11/h7-10H,2-6H2,1H3,(H2,17,18). The number of hydrogen-bond donors (Lipinski definition) is 1. The van der Waals surface area contributed by atoms with E-state index < -0.39 is 0 Å². The van der Waals surface area contributed by atoms with E-state index in [9.17, 15) is 0 Å². The van der Waals surface area contributed by atoms with Gasteiger partial charge in [0, 0.05) is 11.4 Å². The van der Waals surface area contributed by atoms with Gasteiger partial charge in [0.25, 0.3) is 0 Å². The monoisotopic (exact) mass is 278 g/mol. The number of rotatable bonds is 6. The van der Waals surface area contributed by atoms with E-state index in [1.807, 2.05) is 24.3 Å². The Labute approximate surface area is 118 Å². The van der Waals surface area contributed by atoms with E-state index in [-0.39, 0.29) is 0 Å². The summed E-state index contributed by atoms with van der Waals surface area (Å²) in [6, 6.07) is 7.59. The predicted octanol–water partition coefficient (Wildman–Crippen LogP) is 4.70. The average Bonchev–Trinajstić information content (AvgIpc) is 2.77. The Hall–Kier alpha value is -1.48.